The zero-order valence-corrected chi connectivity index (χ0v) is 13.2. The van der Waals surface area contributed by atoms with Crippen LogP contribution in [0.5, 0.6) is 0 Å². The van der Waals surface area contributed by atoms with Gasteiger partial charge in [-0.2, -0.15) is 15.5 Å². The minimum Gasteiger partial charge on any atom is -0.477 e. The maximum Gasteiger partial charge on any atom is 0.354 e. The molecule has 3 aromatic heterocycles. The lowest BCUT2D eigenvalue weighted by molar-refractivity contribution is 0.0160. The molecule has 0 radical (unpaired) electrons. The van der Waals surface area contributed by atoms with Gasteiger partial charge in [0.05, 0.1) is 23.5 Å². The van der Waals surface area contributed by atoms with E-state index in [-0.39, 0.29) is 11.9 Å². The highest BCUT2D eigenvalue weighted by Gasteiger charge is 2.18. The maximum absolute atomic E-state index is 11.3. The lowest BCUT2D eigenvalue weighted by atomic mass is 10.1. The Balaban J connectivity index is 2.18. The first-order valence-corrected chi connectivity index (χ1v) is 7.37. The Kier molecular flexibility index (Phi) is 4.02. The summed E-state index contributed by atoms with van der Waals surface area (Å²) in [6, 6.07) is 5.19. The molecular formula is C16H15N5O3. The van der Waals surface area contributed by atoms with E-state index in [1.807, 2.05) is 13.8 Å². The zero-order chi connectivity index (χ0) is 17.3. The number of fused-ring (bicyclic) bond motifs is 1. The van der Waals surface area contributed by atoms with E-state index in [1.165, 1.54) is 16.8 Å². The number of hydrogen-bond donors (Lipinski definition) is 1. The Morgan fingerprint density at radius 1 is 1.42 bits per heavy atom. The third-order valence-corrected chi connectivity index (χ3v) is 3.69. The van der Waals surface area contributed by atoms with Gasteiger partial charge in [-0.15, -0.1) is 0 Å². The largest absolute Gasteiger partial charge is 0.477 e. The van der Waals surface area contributed by atoms with Gasteiger partial charge in [0.25, 0.3) is 0 Å². The smallest absolute Gasteiger partial charge is 0.354 e. The number of nitrogens with zero attached hydrogens (tertiary/aromatic N) is 5. The van der Waals surface area contributed by atoms with Crippen LogP contribution in [0, 0.1) is 11.3 Å². The second-order valence-corrected chi connectivity index (χ2v) is 5.13. The molecule has 1 unspecified atom stereocenters. The van der Waals surface area contributed by atoms with Crippen molar-refractivity contribution in [1.82, 2.24) is 19.4 Å². The van der Waals surface area contributed by atoms with E-state index in [2.05, 4.69) is 16.3 Å². The van der Waals surface area contributed by atoms with Gasteiger partial charge in [0.1, 0.15) is 12.3 Å². The predicted molar refractivity (Wildman–Crippen MR) is 84.4 cm³/mol. The molecule has 0 saturated carbocycles. The SMILES string of the molecule is CCOC(C)n1cc(-c2c(C#N)cnn3c(C(=O)O)ccc23)cn1. The number of nitriles is 1. The third-order valence-electron chi connectivity index (χ3n) is 3.69. The van der Waals surface area contributed by atoms with E-state index < -0.39 is 5.97 Å². The molecule has 8 nitrogen and oxygen atoms in total. The molecule has 0 saturated heterocycles. The Morgan fingerprint density at radius 2 is 2.21 bits per heavy atom. The molecule has 0 aliphatic carbocycles. The molecule has 0 bridgehead atoms. The van der Waals surface area contributed by atoms with Gasteiger partial charge in [-0.1, -0.05) is 0 Å². The van der Waals surface area contributed by atoms with Crippen molar-refractivity contribution in [2.45, 2.75) is 20.1 Å². The fourth-order valence-corrected chi connectivity index (χ4v) is 2.59. The number of carbonyl (C=O) groups is 1. The van der Waals surface area contributed by atoms with Gasteiger partial charge in [-0.05, 0) is 26.0 Å². The van der Waals surface area contributed by atoms with Crippen molar-refractivity contribution in [1.29, 1.82) is 5.26 Å². The molecule has 24 heavy (non-hydrogen) atoms. The van der Waals surface area contributed by atoms with Crippen LogP contribution in [0.15, 0.2) is 30.7 Å². The van der Waals surface area contributed by atoms with E-state index in [0.717, 1.165) is 0 Å². The zero-order valence-electron chi connectivity index (χ0n) is 13.2. The quantitative estimate of drug-likeness (QED) is 0.771. The minimum atomic E-state index is -1.08. The normalized spacial score (nSPS) is 12.2. The first-order chi connectivity index (χ1) is 11.6. The van der Waals surface area contributed by atoms with Crippen molar-refractivity contribution in [3.63, 3.8) is 0 Å². The van der Waals surface area contributed by atoms with Crippen molar-refractivity contribution in [3.8, 4) is 17.2 Å². The molecule has 1 N–H and O–H groups in total. The summed E-state index contributed by atoms with van der Waals surface area (Å²) in [6.07, 6.45) is 4.51. The number of aromatic nitrogens is 4. The fraction of sp³-hybridized carbons (Fsp3) is 0.250. The Morgan fingerprint density at radius 3 is 2.88 bits per heavy atom. The average Bonchev–Trinajstić information content (AvgIpc) is 3.21. The van der Waals surface area contributed by atoms with Crippen LogP contribution in [0.2, 0.25) is 0 Å². The highest BCUT2D eigenvalue weighted by molar-refractivity contribution is 5.91. The van der Waals surface area contributed by atoms with Gasteiger partial charge < -0.3 is 9.84 Å². The standard InChI is InChI=1S/C16H15N5O3/c1-3-24-10(2)20-9-12(8-18-20)15-11(6-17)7-19-21-13(15)4-5-14(21)16(22)23/h4-5,7-10H,3H2,1-2H3,(H,22,23). The number of carboxylic acids is 1. The van der Waals surface area contributed by atoms with Crippen LogP contribution in [-0.2, 0) is 4.74 Å². The van der Waals surface area contributed by atoms with Crippen LogP contribution in [-0.4, -0.2) is 37.1 Å². The molecule has 3 aromatic rings. The van der Waals surface area contributed by atoms with E-state index in [0.29, 0.717) is 28.8 Å². The van der Waals surface area contributed by atoms with Crippen LogP contribution in [0.4, 0.5) is 0 Å². The van der Waals surface area contributed by atoms with E-state index >= 15 is 0 Å². The van der Waals surface area contributed by atoms with E-state index in [4.69, 9.17) is 4.74 Å². The van der Waals surface area contributed by atoms with Crippen LogP contribution >= 0.6 is 0 Å². The van der Waals surface area contributed by atoms with E-state index in [1.54, 1.807) is 23.1 Å². The number of aromatic carboxylic acids is 1. The highest BCUT2D eigenvalue weighted by Crippen LogP contribution is 2.29. The van der Waals surface area contributed by atoms with Gasteiger partial charge >= 0.3 is 5.97 Å². The topological polar surface area (TPSA) is 105 Å². The Labute approximate surface area is 137 Å². The molecule has 122 valence electrons. The van der Waals surface area contributed by atoms with Gasteiger partial charge in [-0.25, -0.2) is 14.0 Å². The molecular weight excluding hydrogens is 310 g/mol. The van der Waals surface area contributed by atoms with Gasteiger partial charge in [-0.3, -0.25) is 0 Å². The molecule has 0 aliphatic heterocycles. The summed E-state index contributed by atoms with van der Waals surface area (Å²) in [6.45, 7) is 4.32. The van der Waals surface area contributed by atoms with Crippen molar-refractivity contribution in [3.05, 3.63) is 42.0 Å². The summed E-state index contributed by atoms with van der Waals surface area (Å²) in [4.78, 5) is 11.3. The van der Waals surface area contributed by atoms with Crippen molar-refractivity contribution >= 4 is 11.5 Å². The van der Waals surface area contributed by atoms with Crippen molar-refractivity contribution < 1.29 is 14.6 Å². The van der Waals surface area contributed by atoms with Crippen LogP contribution in [0.3, 0.4) is 0 Å². The summed E-state index contributed by atoms with van der Waals surface area (Å²) < 4.78 is 8.46. The number of carboxylic acid groups (broad SMARTS) is 1. The lowest BCUT2D eigenvalue weighted by Gasteiger charge is -2.11. The molecule has 1 atom stereocenters. The monoisotopic (exact) mass is 325 g/mol. The number of hydrogen-bond acceptors (Lipinski definition) is 5. The predicted octanol–water partition coefficient (Wildman–Crippen LogP) is 2.32. The first-order valence-electron chi connectivity index (χ1n) is 7.37. The molecule has 8 heteroatoms. The van der Waals surface area contributed by atoms with Crippen LogP contribution in [0.25, 0.3) is 16.6 Å². The summed E-state index contributed by atoms with van der Waals surface area (Å²) in [5.74, 6) is -1.08. The number of rotatable bonds is 5. The molecule has 3 heterocycles. The van der Waals surface area contributed by atoms with Gasteiger partial charge in [0, 0.05) is 23.9 Å². The molecule has 0 fully saturated rings. The summed E-state index contributed by atoms with van der Waals surface area (Å²) in [7, 11) is 0. The first kappa shape index (κ1) is 15.7. The summed E-state index contributed by atoms with van der Waals surface area (Å²) in [5.41, 5.74) is 2.21. The van der Waals surface area contributed by atoms with Crippen molar-refractivity contribution in [2.24, 2.45) is 0 Å². The highest BCUT2D eigenvalue weighted by atomic mass is 16.5. The van der Waals surface area contributed by atoms with Gasteiger partial charge in [0.15, 0.2) is 5.69 Å². The second-order valence-electron chi connectivity index (χ2n) is 5.13. The molecule has 3 rings (SSSR count). The lowest BCUT2D eigenvalue weighted by Crippen LogP contribution is -2.09. The molecule has 0 aromatic carbocycles. The van der Waals surface area contributed by atoms with E-state index in [9.17, 15) is 15.2 Å². The summed E-state index contributed by atoms with van der Waals surface area (Å²) in [5, 5.41) is 26.9. The number of ether oxygens (including phenoxy) is 1. The minimum absolute atomic E-state index is 0.0332. The van der Waals surface area contributed by atoms with Gasteiger partial charge in [0.2, 0.25) is 0 Å². The molecule has 0 aliphatic rings. The Bertz CT molecular complexity index is 950. The van der Waals surface area contributed by atoms with Crippen LogP contribution in [0.1, 0.15) is 36.1 Å². The van der Waals surface area contributed by atoms with Crippen molar-refractivity contribution in [2.75, 3.05) is 6.61 Å². The summed E-state index contributed by atoms with van der Waals surface area (Å²) >= 11 is 0. The molecule has 0 amide bonds. The third kappa shape index (κ3) is 2.51. The fourth-order valence-electron chi connectivity index (χ4n) is 2.59. The molecule has 0 spiro atoms. The average molecular weight is 325 g/mol. The maximum atomic E-state index is 11.3. The van der Waals surface area contributed by atoms with Crippen LogP contribution < -0.4 is 0 Å². The Hall–Kier alpha value is -3.18. The second kappa shape index (κ2) is 6.14.